The minimum Gasteiger partial charge on any atom is -0.493 e. The van der Waals surface area contributed by atoms with E-state index in [0.29, 0.717) is 13.2 Å². The lowest BCUT2D eigenvalue weighted by Crippen LogP contribution is -2.06. The fourth-order valence-electron chi connectivity index (χ4n) is 2.39. The molecule has 0 aliphatic carbocycles. The van der Waals surface area contributed by atoms with Crippen molar-refractivity contribution in [3.63, 3.8) is 0 Å². The Morgan fingerprint density at radius 2 is 1.61 bits per heavy atom. The largest absolute Gasteiger partial charge is 0.493 e. The maximum Gasteiger partial charge on any atom is 0.161 e. The predicted molar refractivity (Wildman–Crippen MR) is 97.0 cm³/mol. The van der Waals surface area contributed by atoms with Gasteiger partial charge in [-0.1, -0.05) is 12.1 Å². The molecule has 0 aliphatic rings. The number of hydrogen-bond donors (Lipinski definition) is 0. The molecule has 0 amide bonds. The standard InChI is InChI=1S/C19H23BrO3/c1-13-6-7-17(18(12-13)21-4)22-8-5-9-23-19-15(3)10-14(2)11-16(19)20/h6-7,10-12H,5,8-9H2,1-4H3. The highest BCUT2D eigenvalue weighted by molar-refractivity contribution is 9.10. The Morgan fingerprint density at radius 3 is 2.30 bits per heavy atom. The lowest BCUT2D eigenvalue weighted by molar-refractivity contribution is 0.239. The van der Waals surface area contributed by atoms with Crippen LogP contribution in [0.15, 0.2) is 34.8 Å². The molecular weight excluding hydrogens is 356 g/mol. The molecule has 23 heavy (non-hydrogen) atoms. The van der Waals surface area contributed by atoms with Crippen molar-refractivity contribution in [1.82, 2.24) is 0 Å². The van der Waals surface area contributed by atoms with Crippen LogP contribution < -0.4 is 14.2 Å². The first-order valence-electron chi connectivity index (χ1n) is 7.68. The third kappa shape index (κ3) is 4.90. The number of hydrogen-bond acceptors (Lipinski definition) is 3. The molecule has 2 aromatic carbocycles. The molecule has 0 atom stereocenters. The number of rotatable bonds is 7. The molecular formula is C19H23BrO3. The van der Waals surface area contributed by atoms with E-state index in [1.54, 1.807) is 7.11 Å². The van der Waals surface area contributed by atoms with Crippen molar-refractivity contribution in [2.24, 2.45) is 0 Å². The fourth-order valence-corrected chi connectivity index (χ4v) is 3.18. The van der Waals surface area contributed by atoms with E-state index in [1.807, 2.05) is 25.1 Å². The van der Waals surface area contributed by atoms with Crippen molar-refractivity contribution in [1.29, 1.82) is 0 Å². The van der Waals surface area contributed by atoms with Crippen LogP contribution in [0.3, 0.4) is 0 Å². The molecule has 0 N–H and O–H groups in total. The van der Waals surface area contributed by atoms with E-state index in [9.17, 15) is 0 Å². The Kier molecular flexibility index (Phi) is 6.34. The van der Waals surface area contributed by atoms with Gasteiger partial charge in [0.15, 0.2) is 11.5 Å². The van der Waals surface area contributed by atoms with Gasteiger partial charge in [0.2, 0.25) is 0 Å². The van der Waals surface area contributed by atoms with Crippen molar-refractivity contribution >= 4 is 15.9 Å². The smallest absolute Gasteiger partial charge is 0.161 e. The summed E-state index contributed by atoms with van der Waals surface area (Å²) >= 11 is 3.56. The van der Waals surface area contributed by atoms with Gasteiger partial charge in [-0.25, -0.2) is 0 Å². The van der Waals surface area contributed by atoms with Crippen LogP contribution in [0.2, 0.25) is 0 Å². The van der Waals surface area contributed by atoms with Gasteiger partial charge in [0.25, 0.3) is 0 Å². The molecule has 124 valence electrons. The third-order valence-corrected chi connectivity index (χ3v) is 4.07. The minimum atomic E-state index is 0.585. The van der Waals surface area contributed by atoms with E-state index >= 15 is 0 Å². The van der Waals surface area contributed by atoms with Gasteiger partial charge in [0, 0.05) is 6.42 Å². The zero-order valence-corrected chi connectivity index (χ0v) is 15.7. The first-order valence-corrected chi connectivity index (χ1v) is 8.47. The van der Waals surface area contributed by atoms with Crippen molar-refractivity contribution in [2.45, 2.75) is 27.2 Å². The average Bonchev–Trinajstić information content (AvgIpc) is 2.50. The van der Waals surface area contributed by atoms with Crippen LogP contribution in [0.4, 0.5) is 0 Å². The molecule has 0 unspecified atom stereocenters. The summed E-state index contributed by atoms with van der Waals surface area (Å²) in [5, 5.41) is 0. The summed E-state index contributed by atoms with van der Waals surface area (Å²) in [5.74, 6) is 2.44. The first-order chi connectivity index (χ1) is 11.0. The van der Waals surface area contributed by atoms with Crippen molar-refractivity contribution in [2.75, 3.05) is 20.3 Å². The van der Waals surface area contributed by atoms with Crippen molar-refractivity contribution in [3.05, 3.63) is 51.5 Å². The molecule has 4 heteroatoms. The van der Waals surface area contributed by atoms with Gasteiger partial charge in [-0.3, -0.25) is 0 Å². The van der Waals surface area contributed by atoms with Crippen molar-refractivity contribution in [3.8, 4) is 17.2 Å². The molecule has 3 nitrogen and oxygen atoms in total. The van der Waals surface area contributed by atoms with Gasteiger partial charge >= 0.3 is 0 Å². The van der Waals surface area contributed by atoms with Gasteiger partial charge in [0.1, 0.15) is 5.75 Å². The van der Waals surface area contributed by atoms with Crippen LogP contribution in [0.25, 0.3) is 0 Å². The molecule has 0 radical (unpaired) electrons. The maximum atomic E-state index is 5.88. The molecule has 0 aliphatic heterocycles. The highest BCUT2D eigenvalue weighted by Gasteiger charge is 2.07. The van der Waals surface area contributed by atoms with E-state index in [1.165, 1.54) is 5.56 Å². The molecule has 0 bridgehead atoms. The van der Waals surface area contributed by atoms with Crippen LogP contribution in [-0.4, -0.2) is 20.3 Å². The second-order valence-electron chi connectivity index (χ2n) is 5.60. The van der Waals surface area contributed by atoms with Gasteiger partial charge < -0.3 is 14.2 Å². The van der Waals surface area contributed by atoms with E-state index in [-0.39, 0.29) is 0 Å². The summed E-state index contributed by atoms with van der Waals surface area (Å²) in [6.07, 6.45) is 0.802. The number of ether oxygens (including phenoxy) is 3. The van der Waals surface area contributed by atoms with Crippen LogP contribution in [-0.2, 0) is 0 Å². The predicted octanol–water partition coefficient (Wildman–Crippen LogP) is 5.23. The van der Waals surface area contributed by atoms with Crippen LogP contribution in [0, 0.1) is 20.8 Å². The van der Waals surface area contributed by atoms with Gasteiger partial charge in [0.05, 0.1) is 24.8 Å². The summed E-state index contributed by atoms with van der Waals surface area (Å²) in [6, 6.07) is 10.1. The molecule has 0 aromatic heterocycles. The number of methoxy groups -OCH3 is 1. The second-order valence-corrected chi connectivity index (χ2v) is 6.45. The SMILES string of the molecule is COc1cc(C)ccc1OCCCOc1c(C)cc(C)cc1Br. The van der Waals surface area contributed by atoms with E-state index in [4.69, 9.17) is 14.2 Å². The Labute approximate surface area is 146 Å². The summed E-state index contributed by atoms with van der Waals surface area (Å²) < 4.78 is 18.0. The zero-order valence-electron chi connectivity index (χ0n) is 14.1. The quantitative estimate of drug-likeness (QED) is 0.617. The summed E-state index contributed by atoms with van der Waals surface area (Å²) in [6.45, 7) is 7.35. The van der Waals surface area contributed by atoms with E-state index in [0.717, 1.165) is 39.3 Å². The second kappa shape index (κ2) is 8.25. The molecule has 0 spiro atoms. The fraction of sp³-hybridized carbons (Fsp3) is 0.368. The summed E-state index contributed by atoms with van der Waals surface area (Å²) in [7, 11) is 1.66. The van der Waals surface area contributed by atoms with Crippen LogP contribution >= 0.6 is 15.9 Å². The average molecular weight is 379 g/mol. The van der Waals surface area contributed by atoms with E-state index in [2.05, 4.69) is 41.9 Å². The number of benzene rings is 2. The molecule has 2 aromatic rings. The molecule has 0 saturated carbocycles. The topological polar surface area (TPSA) is 27.7 Å². The number of aryl methyl sites for hydroxylation is 3. The molecule has 0 heterocycles. The lowest BCUT2D eigenvalue weighted by atomic mass is 10.1. The van der Waals surface area contributed by atoms with E-state index < -0.39 is 0 Å². The summed E-state index contributed by atoms with van der Waals surface area (Å²) in [5.41, 5.74) is 3.51. The third-order valence-electron chi connectivity index (χ3n) is 3.49. The maximum absolute atomic E-state index is 5.88. The van der Waals surface area contributed by atoms with Gasteiger partial charge in [-0.05, 0) is 71.6 Å². The Hall–Kier alpha value is -1.68. The highest BCUT2D eigenvalue weighted by atomic mass is 79.9. The molecule has 2 rings (SSSR count). The number of halogens is 1. The lowest BCUT2D eigenvalue weighted by Gasteiger charge is -2.13. The molecule has 0 fully saturated rings. The Balaban J connectivity index is 1.83. The molecule has 0 saturated heterocycles. The van der Waals surface area contributed by atoms with Crippen molar-refractivity contribution < 1.29 is 14.2 Å². The normalized spacial score (nSPS) is 10.5. The summed E-state index contributed by atoms with van der Waals surface area (Å²) in [4.78, 5) is 0. The van der Waals surface area contributed by atoms with Gasteiger partial charge in [-0.15, -0.1) is 0 Å². The van der Waals surface area contributed by atoms with Crippen LogP contribution in [0.1, 0.15) is 23.1 Å². The Bertz CT molecular complexity index is 645. The Morgan fingerprint density at radius 1 is 0.870 bits per heavy atom. The van der Waals surface area contributed by atoms with Crippen LogP contribution in [0.5, 0.6) is 17.2 Å². The zero-order chi connectivity index (χ0) is 16.8. The van der Waals surface area contributed by atoms with Gasteiger partial charge in [-0.2, -0.15) is 0 Å². The minimum absolute atomic E-state index is 0.585. The highest BCUT2D eigenvalue weighted by Crippen LogP contribution is 2.30. The first kappa shape index (κ1) is 17.7. The monoisotopic (exact) mass is 378 g/mol.